The van der Waals surface area contributed by atoms with Crippen LogP contribution in [0.2, 0.25) is 0 Å². The van der Waals surface area contributed by atoms with Crippen molar-refractivity contribution in [1.29, 1.82) is 0 Å². The third-order valence-corrected chi connectivity index (χ3v) is 5.53. The molecule has 0 bridgehead atoms. The van der Waals surface area contributed by atoms with Gasteiger partial charge in [0, 0.05) is 36.1 Å². The van der Waals surface area contributed by atoms with Crippen molar-refractivity contribution < 1.29 is 4.79 Å². The maximum absolute atomic E-state index is 12.9. The van der Waals surface area contributed by atoms with Gasteiger partial charge in [0.25, 0.3) is 5.91 Å². The zero-order valence-corrected chi connectivity index (χ0v) is 18.2. The number of rotatable bonds is 7. The molecule has 33 heavy (non-hydrogen) atoms. The first kappa shape index (κ1) is 20.7. The molecule has 0 aliphatic carbocycles. The Morgan fingerprint density at radius 3 is 2.61 bits per heavy atom. The minimum Gasteiger partial charge on any atom is -0.344 e. The number of aromatic nitrogens is 4. The molecule has 164 valence electrons. The summed E-state index contributed by atoms with van der Waals surface area (Å²) < 4.78 is 1.76. The maximum Gasteiger partial charge on any atom is 0.258 e. The van der Waals surface area contributed by atoms with Crippen molar-refractivity contribution in [2.24, 2.45) is 0 Å². The molecule has 0 fully saturated rings. The van der Waals surface area contributed by atoms with E-state index in [-0.39, 0.29) is 5.91 Å². The summed E-state index contributed by atoms with van der Waals surface area (Å²) in [7, 11) is 1.93. The third kappa shape index (κ3) is 4.53. The molecule has 3 N–H and O–H groups in total. The monoisotopic (exact) mass is 436 g/mol. The molecule has 0 radical (unpaired) electrons. The molecule has 2 aromatic carbocycles. The number of nitrogens with one attached hydrogen (secondary N) is 3. The molecule has 0 aliphatic heterocycles. The van der Waals surface area contributed by atoms with Crippen LogP contribution in [0, 0.1) is 0 Å². The summed E-state index contributed by atoms with van der Waals surface area (Å²) in [5, 5.41) is 11.3. The van der Waals surface area contributed by atoms with Crippen LogP contribution in [0.3, 0.4) is 0 Å². The van der Waals surface area contributed by atoms with Gasteiger partial charge in [0.1, 0.15) is 5.65 Å². The number of anilines is 1. The molecule has 7 nitrogen and oxygen atoms in total. The number of pyridine rings is 1. The fourth-order valence-electron chi connectivity index (χ4n) is 3.82. The predicted molar refractivity (Wildman–Crippen MR) is 130 cm³/mol. The highest BCUT2D eigenvalue weighted by Crippen LogP contribution is 2.28. The summed E-state index contributed by atoms with van der Waals surface area (Å²) in [6.07, 6.45) is 6.95. The van der Waals surface area contributed by atoms with E-state index in [1.807, 2.05) is 49.6 Å². The molecule has 0 aliphatic rings. The third-order valence-electron chi connectivity index (χ3n) is 5.53. The van der Waals surface area contributed by atoms with E-state index in [2.05, 4.69) is 50.0 Å². The minimum absolute atomic E-state index is 0.211. The van der Waals surface area contributed by atoms with Gasteiger partial charge in [-0.25, -0.2) is 4.98 Å². The lowest BCUT2D eigenvalue weighted by molar-refractivity contribution is 0.102. The molecule has 5 rings (SSSR count). The number of H-pyrrole nitrogens is 1. The maximum atomic E-state index is 12.9. The number of carbonyl (C=O) groups is 1. The molecule has 0 spiro atoms. The van der Waals surface area contributed by atoms with E-state index in [1.165, 1.54) is 5.56 Å². The van der Waals surface area contributed by atoms with Crippen molar-refractivity contribution in [3.05, 3.63) is 102 Å². The van der Waals surface area contributed by atoms with E-state index < -0.39 is 0 Å². The Bertz CT molecular complexity index is 1390. The van der Waals surface area contributed by atoms with Gasteiger partial charge in [-0.15, -0.1) is 0 Å². The van der Waals surface area contributed by atoms with E-state index in [1.54, 1.807) is 23.3 Å². The van der Waals surface area contributed by atoms with Gasteiger partial charge in [0.2, 0.25) is 0 Å². The molecule has 5 aromatic rings. The van der Waals surface area contributed by atoms with Crippen LogP contribution >= 0.6 is 0 Å². The Labute approximate surface area is 191 Å². The highest BCUT2D eigenvalue weighted by molar-refractivity contribution is 6.08. The molecule has 0 saturated carbocycles. The minimum atomic E-state index is -0.211. The van der Waals surface area contributed by atoms with Gasteiger partial charge in [0.15, 0.2) is 0 Å². The number of hydrogen-bond acceptors (Lipinski definition) is 4. The Morgan fingerprint density at radius 2 is 1.82 bits per heavy atom. The van der Waals surface area contributed by atoms with Gasteiger partial charge < -0.3 is 15.6 Å². The Morgan fingerprint density at radius 1 is 1.00 bits per heavy atom. The average molecular weight is 437 g/mol. The van der Waals surface area contributed by atoms with Crippen molar-refractivity contribution in [2.45, 2.75) is 13.1 Å². The number of amides is 1. The Hall–Kier alpha value is -4.23. The predicted octanol–water partition coefficient (Wildman–Crippen LogP) is 4.45. The molecule has 0 atom stereocenters. The van der Waals surface area contributed by atoms with Crippen molar-refractivity contribution in [2.75, 3.05) is 12.4 Å². The quantitative estimate of drug-likeness (QED) is 0.352. The van der Waals surface area contributed by atoms with Crippen LogP contribution in [-0.2, 0) is 13.1 Å². The summed E-state index contributed by atoms with van der Waals surface area (Å²) >= 11 is 0. The Kier molecular flexibility index (Phi) is 5.70. The van der Waals surface area contributed by atoms with E-state index in [4.69, 9.17) is 0 Å². The molecule has 3 heterocycles. The van der Waals surface area contributed by atoms with Crippen LogP contribution in [0.1, 0.15) is 21.5 Å². The van der Waals surface area contributed by atoms with Gasteiger partial charge in [-0.3, -0.25) is 9.48 Å². The molecular formula is C26H24N6O. The van der Waals surface area contributed by atoms with Crippen molar-refractivity contribution in [3.63, 3.8) is 0 Å². The highest BCUT2D eigenvalue weighted by Gasteiger charge is 2.13. The molecule has 1 amide bonds. The van der Waals surface area contributed by atoms with Gasteiger partial charge >= 0.3 is 0 Å². The standard InChI is InChI=1S/C26H24N6O/c1-27-12-18-7-9-20(10-8-18)21-11-23-24(15-29-25(23)28-13-21)31-26(33)22-14-30-32(17-22)16-19-5-3-2-4-6-19/h2-11,13-15,17,27H,12,16H2,1H3,(H,28,29)(H,31,33). The largest absolute Gasteiger partial charge is 0.344 e. The van der Waals surface area contributed by atoms with Gasteiger partial charge in [-0.05, 0) is 29.8 Å². The molecule has 7 heteroatoms. The van der Waals surface area contributed by atoms with E-state index in [9.17, 15) is 4.79 Å². The molecule has 3 aromatic heterocycles. The Balaban J connectivity index is 1.34. The van der Waals surface area contributed by atoms with Crippen molar-refractivity contribution in [3.8, 4) is 11.1 Å². The fourth-order valence-corrected chi connectivity index (χ4v) is 3.82. The number of benzene rings is 2. The normalized spacial score (nSPS) is 11.1. The second kappa shape index (κ2) is 9.10. The van der Waals surface area contributed by atoms with E-state index >= 15 is 0 Å². The molecule has 0 unspecified atom stereocenters. The lowest BCUT2D eigenvalue weighted by Gasteiger charge is -2.06. The first-order chi connectivity index (χ1) is 16.2. The van der Waals surface area contributed by atoms with E-state index in [0.717, 1.165) is 34.3 Å². The van der Waals surface area contributed by atoms with Crippen LogP contribution < -0.4 is 10.6 Å². The lowest BCUT2D eigenvalue weighted by atomic mass is 10.0. The average Bonchev–Trinajstić information content (AvgIpc) is 3.47. The van der Waals surface area contributed by atoms with Crippen LogP contribution in [0.4, 0.5) is 5.69 Å². The summed E-state index contributed by atoms with van der Waals surface area (Å²) in [6.45, 7) is 1.44. The van der Waals surface area contributed by atoms with Gasteiger partial charge in [-0.1, -0.05) is 54.6 Å². The van der Waals surface area contributed by atoms with Crippen molar-refractivity contribution in [1.82, 2.24) is 25.1 Å². The fraction of sp³-hybridized carbons (Fsp3) is 0.115. The summed E-state index contributed by atoms with van der Waals surface area (Å²) in [5.74, 6) is -0.211. The van der Waals surface area contributed by atoms with Crippen LogP contribution in [0.5, 0.6) is 0 Å². The van der Waals surface area contributed by atoms with E-state index in [0.29, 0.717) is 17.8 Å². The highest BCUT2D eigenvalue weighted by atomic mass is 16.1. The topological polar surface area (TPSA) is 87.6 Å². The summed E-state index contributed by atoms with van der Waals surface area (Å²) in [4.78, 5) is 20.5. The zero-order chi connectivity index (χ0) is 22.6. The van der Waals surface area contributed by atoms with Crippen LogP contribution in [0.25, 0.3) is 22.2 Å². The van der Waals surface area contributed by atoms with Gasteiger partial charge in [0.05, 0.1) is 24.0 Å². The summed E-state index contributed by atoms with van der Waals surface area (Å²) in [5.41, 5.74) is 6.32. The SMILES string of the molecule is CNCc1ccc(-c2cnc3[nH]cc(NC(=O)c4cnn(Cc5ccccc5)c4)c3c2)cc1. The van der Waals surface area contributed by atoms with Gasteiger partial charge in [-0.2, -0.15) is 5.10 Å². The zero-order valence-electron chi connectivity index (χ0n) is 18.2. The van der Waals surface area contributed by atoms with Crippen LogP contribution in [0.15, 0.2) is 85.5 Å². The molecule has 0 saturated heterocycles. The summed E-state index contributed by atoms with van der Waals surface area (Å²) in [6, 6.07) is 20.4. The number of nitrogens with zero attached hydrogens (tertiary/aromatic N) is 3. The molecular weight excluding hydrogens is 412 g/mol. The second-order valence-corrected chi connectivity index (χ2v) is 7.92. The smallest absolute Gasteiger partial charge is 0.258 e. The first-order valence-electron chi connectivity index (χ1n) is 10.8. The number of aromatic amines is 1. The first-order valence-corrected chi connectivity index (χ1v) is 10.8. The van der Waals surface area contributed by atoms with Crippen LogP contribution in [-0.4, -0.2) is 32.7 Å². The van der Waals surface area contributed by atoms with Crippen molar-refractivity contribution >= 4 is 22.6 Å². The lowest BCUT2D eigenvalue weighted by Crippen LogP contribution is -2.11. The number of carbonyl (C=O) groups excluding carboxylic acids is 1. The second-order valence-electron chi connectivity index (χ2n) is 7.92. The number of fused-ring (bicyclic) bond motifs is 1. The number of hydrogen-bond donors (Lipinski definition) is 3.